The van der Waals surface area contributed by atoms with Crippen molar-refractivity contribution in [3.63, 3.8) is 0 Å². The first-order chi connectivity index (χ1) is 13.5. The summed E-state index contributed by atoms with van der Waals surface area (Å²) in [5, 5.41) is 0. The zero-order valence-corrected chi connectivity index (χ0v) is 14.4. The molecule has 0 aliphatic carbocycles. The predicted octanol–water partition coefficient (Wildman–Crippen LogP) is 1.78. The zero-order valence-electron chi connectivity index (χ0n) is 14.4. The van der Waals surface area contributed by atoms with Crippen molar-refractivity contribution >= 4 is 40.8 Å². The third kappa shape index (κ3) is 2.84. The molecule has 0 unspecified atom stereocenters. The van der Waals surface area contributed by atoms with Gasteiger partial charge in [0.2, 0.25) is 0 Å². The number of rotatable bonds is 4. The summed E-state index contributed by atoms with van der Waals surface area (Å²) in [4.78, 5) is 62.2. The van der Waals surface area contributed by atoms with E-state index in [1.807, 2.05) is 0 Å². The van der Waals surface area contributed by atoms with Crippen molar-refractivity contribution in [1.29, 1.82) is 0 Å². The molecule has 28 heavy (non-hydrogen) atoms. The third-order valence-corrected chi connectivity index (χ3v) is 4.35. The van der Waals surface area contributed by atoms with E-state index in [1.165, 1.54) is 36.4 Å². The first-order valence-corrected chi connectivity index (χ1v) is 8.33. The molecule has 0 saturated heterocycles. The summed E-state index contributed by atoms with van der Waals surface area (Å²) in [5.74, 6) is -2.28. The Bertz CT molecular complexity index is 1010. The average molecular weight is 372 g/mol. The monoisotopic (exact) mass is 372 g/mol. The van der Waals surface area contributed by atoms with E-state index in [2.05, 4.69) is 0 Å². The Morgan fingerprint density at radius 1 is 0.571 bits per heavy atom. The van der Waals surface area contributed by atoms with Crippen molar-refractivity contribution in [3.05, 3.63) is 84.0 Å². The smallest absolute Gasteiger partial charge is 0.258 e. The number of ketones is 1. The van der Waals surface area contributed by atoms with Crippen LogP contribution in [0.4, 0.5) is 11.4 Å². The van der Waals surface area contributed by atoms with Crippen molar-refractivity contribution in [2.45, 2.75) is 0 Å². The number of benzene rings is 2. The summed E-state index contributed by atoms with van der Waals surface area (Å²) in [6.07, 6.45) is 4.66. The molecule has 2 aromatic carbocycles. The van der Waals surface area contributed by atoms with Crippen molar-refractivity contribution in [2.75, 3.05) is 9.80 Å². The van der Waals surface area contributed by atoms with Crippen LogP contribution in [0.3, 0.4) is 0 Å². The molecule has 2 aromatic rings. The standard InChI is InChI=1S/C21H12N2O5/c24-17-7-8-18(25)22(17)15-5-1-3-13(11-15)21(28)14-4-2-6-16(12-14)23-19(26)9-10-20(23)27/h1-12H. The van der Waals surface area contributed by atoms with Crippen LogP contribution in [0, 0.1) is 0 Å². The van der Waals surface area contributed by atoms with Gasteiger partial charge in [-0.15, -0.1) is 0 Å². The Labute approximate surface area is 159 Å². The SMILES string of the molecule is O=C(c1cccc(N2C(=O)C=CC2=O)c1)c1cccc(N2C(=O)C=CC2=O)c1. The van der Waals surface area contributed by atoms with Gasteiger partial charge in [0, 0.05) is 35.4 Å². The normalized spacial score (nSPS) is 15.9. The van der Waals surface area contributed by atoms with E-state index in [4.69, 9.17) is 0 Å². The van der Waals surface area contributed by atoms with Crippen LogP contribution in [0.2, 0.25) is 0 Å². The largest absolute Gasteiger partial charge is 0.289 e. The van der Waals surface area contributed by atoms with E-state index in [1.54, 1.807) is 36.4 Å². The molecular weight excluding hydrogens is 360 g/mol. The van der Waals surface area contributed by atoms with E-state index in [0.29, 0.717) is 0 Å². The molecule has 0 radical (unpaired) electrons. The molecule has 4 rings (SSSR count). The molecule has 0 N–H and O–H groups in total. The van der Waals surface area contributed by atoms with E-state index >= 15 is 0 Å². The molecule has 0 saturated carbocycles. The summed E-state index contributed by atoms with van der Waals surface area (Å²) in [6, 6.07) is 12.3. The fourth-order valence-electron chi connectivity index (χ4n) is 3.05. The molecule has 2 aliphatic rings. The van der Waals surface area contributed by atoms with Gasteiger partial charge in [0.25, 0.3) is 23.6 Å². The maximum absolute atomic E-state index is 12.9. The van der Waals surface area contributed by atoms with Gasteiger partial charge in [-0.2, -0.15) is 0 Å². The lowest BCUT2D eigenvalue weighted by Gasteiger charge is -2.16. The lowest BCUT2D eigenvalue weighted by Crippen LogP contribution is -2.30. The van der Waals surface area contributed by atoms with E-state index in [9.17, 15) is 24.0 Å². The van der Waals surface area contributed by atoms with Gasteiger partial charge in [0.1, 0.15) is 0 Å². The molecule has 4 amide bonds. The van der Waals surface area contributed by atoms with Crippen LogP contribution in [-0.2, 0) is 19.2 Å². The summed E-state index contributed by atoms with van der Waals surface area (Å²) in [6.45, 7) is 0. The van der Waals surface area contributed by atoms with Crippen molar-refractivity contribution in [2.24, 2.45) is 0 Å². The van der Waals surface area contributed by atoms with Crippen LogP contribution in [0.15, 0.2) is 72.8 Å². The molecule has 7 heteroatoms. The minimum Gasteiger partial charge on any atom is -0.289 e. The lowest BCUT2D eigenvalue weighted by atomic mass is 10.0. The first kappa shape index (κ1) is 17.3. The molecule has 7 nitrogen and oxygen atoms in total. The Morgan fingerprint density at radius 2 is 0.929 bits per heavy atom. The second kappa shape index (κ2) is 6.55. The molecule has 136 valence electrons. The minimum atomic E-state index is -0.477. The van der Waals surface area contributed by atoms with Crippen LogP contribution in [-0.4, -0.2) is 29.4 Å². The van der Waals surface area contributed by atoms with Crippen molar-refractivity contribution in [1.82, 2.24) is 0 Å². The van der Waals surface area contributed by atoms with Gasteiger partial charge in [-0.25, -0.2) is 9.80 Å². The topological polar surface area (TPSA) is 91.8 Å². The fourth-order valence-corrected chi connectivity index (χ4v) is 3.05. The minimum absolute atomic E-state index is 0.263. The van der Waals surface area contributed by atoms with Crippen molar-refractivity contribution in [3.8, 4) is 0 Å². The summed E-state index contributed by atoms with van der Waals surface area (Å²) >= 11 is 0. The van der Waals surface area contributed by atoms with Gasteiger partial charge in [0.05, 0.1) is 11.4 Å². The quantitative estimate of drug-likeness (QED) is 0.603. The predicted molar refractivity (Wildman–Crippen MR) is 99.6 cm³/mol. The van der Waals surface area contributed by atoms with Crippen LogP contribution in [0.25, 0.3) is 0 Å². The molecule has 2 aliphatic heterocycles. The molecule has 0 bridgehead atoms. The maximum atomic E-state index is 12.9. The Hall–Kier alpha value is -4.13. The van der Waals surface area contributed by atoms with Gasteiger partial charge in [0.15, 0.2) is 5.78 Å². The molecule has 2 heterocycles. The first-order valence-electron chi connectivity index (χ1n) is 8.33. The van der Waals surface area contributed by atoms with E-state index < -0.39 is 23.6 Å². The number of hydrogen-bond acceptors (Lipinski definition) is 5. The summed E-state index contributed by atoms with van der Waals surface area (Å²) in [5.41, 5.74) is 1.10. The molecule has 0 fully saturated rings. The van der Waals surface area contributed by atoms with Crippen LogP contribution >= 0.6 is 0 Å². The molecule has 0 atom stereocenters. The number of carbonyl (C=O) groups is 5. The summed E-state index contributed by atoms with van der Waals surface area (Å²) < 4.78 is 0. The number of hydrogen-bond donors (Lipinski definition) is 0. The highest BCUT2D eigenvalue weighted by atomic mass is 16.2. The molecular formula is C21H12N2O5. The number of carbonyl (C=O) groups excluding carboxylic acids is 5. The van der Waals surface area contributed by atoms with Gasteiger partial charge in [-0.05, 0) is 24.3 Å². The highest BCUT2D eigenvalue weighted by molar-refractivity contribution is 6.29. The zero-order chi connectivity index (χ0) is 19.8. The third-order valence-electron chi connectivity index (χ3n) is 4.35. The highest BCUT2D eigenvalue weighted by Crippen LogP contribution is 2.24. The van der Waals surface area contributed by atoms with Crippen molar-refractivity contribution < 1.29 is 24.0 Å². The number of nitrogens with zero attached hydrogens (tertiary/aromatic N) is 2. The Balaban J connectivity index is 1.66. The molecule has 0 spiro atoms. The van der Waals surface area contributed by atoms with Crippen LogP contribution < -0.4 is 9.80 Å². The Morgan fingerprint density at radius 3 is 1.29 bits per heavy atom. The second-order valence-corrected chi connectivity index (χ2v) is 6.12. The number of imide groups is 2. The Kier molecular flexibility index (Phi) is 4.04. The van der Waals surface area contributed by atoms with E-state index in [-0.39, 0.29) is 28.3 Å². The second-order valence-electron chi connectivity index (χ2n) is 6.12. The fraction of sp³-hybridized carbons (Fsp3) is 0. The number of anilines is 2. The van der Waals surface area contributed by atoms with Gasteiger partial charge in [-0.3, -0.25) is 24.0 Å². The molecule has 0 aromatic heterocycles. The van der Waals surface area contributed by atoms with Gasteiger partial charge < -0.3 is 0 Å². The maximum Gasteiger partial charge on any atom is 0.258 e. The van der Waals surface area contributed by atoms with Crippen LogP contribution in [0.1, 0.15) is 15.9 Å². The van der Waals surface area contributed by atoms with Crippen LogP contribution in [0.5, 0.6) is 0 Å². The number of amides is 4. The lowest BCUT2D eigenvalue weighted by molar-refractivity contribution is -0.121. The van der Waals surface area contributed by atoms with E-state index in [0.717, 1.165) is 9.80 Å². The van der Waals surface area contributed by atoms with Gasteiger partial charge in [-0.1, -0.05) is 24.3 Å². The summed E-state index contributed by atoms with van der Waals surface area (Å²) in [7, 11) is 0. The highest BCUT2D eigenvalue weighted by Gasteiger charge is 2.27. The average Bonchev–Trinajstić information content (AvgIpc) is 3.22. The van der Waals surface area contributed by atoms with Gasteiger partial charge >= 0.3 is 0 Å².